The number of benzene rings is 1. The van der Waals surface area contributed by atoms with Crippen LogP contribution < -0.4 is 14.2 Å². The van der Waals surface area contributed by atoms with Gasteiger partial charge in [0.2, 0.25) is 6.79 Å². The molecular formula is C14H18O5. The molecule has 104 valence electrons. The summed E-state index contributed by atoms with van der Waals surface area (Å²) >= 11 is 0. The minimum Gasteiger partial charge on any atom is -0.490 e. The van der Waals surface area contributed by atoms with E-state index in [1.165, 1.54) is 6.07 Å². The Morgan fingerprint density at radius 3 is 2.53 bits per heavy atom. The van der Waals surface area contributed by atoms with Crippen molar-refractivity contribution >= 4 is 5.97 Å². The number of hydrogen-bond donors (Lipinski definition) is 1. The molecule has 1 heterocycles. The largest absolute Gasteiger partial charge is 0.490 e. The Morgan fingerprint density at radius 2 is 1.95 bits per heavy atom. The van der Waals surface area contributed by atoms with E-state index in [2.05, 4.69) is 13.8 Å². The normalized spacial score (nSPS) is 14.5. The maximum Gasteiger partial charge on any atom is 0.339 e. The first-order valence-electron chi connectivity index (χ1n) is 6.31. The van der Waals surface area contributed by atoms with Crippen molar-refractivity contribution < 1.29 is 24.1 Å². The molecule has 1 aromatic carbocycles. The lowest BCUT2D eigenvalue weighted by molar-refractivity contribution is 0.0688. The SMILES string of the molecule is CC(C)CC(C)Oc1cc2c(cc1C(=O)O)OCO2. The zero-order chi connectivity index (χ0) is 14.0. The van der Waals surface area contributed by atoms with Crippen LogP contribution in [0, 0.1) is 5.92 Å². The average molecular weight is 266 g/mol. The average Bonchev–Trinajstić information content (AvgIpc) is 2.73. The van der Waals surface area contributed by atoms with Crippen molar-refractivity contribution in [1.29, 1.82) is 0 Å². The van der Waals surface area contributed by atoms with E-state index in [-0.39, 0.29) is 18.5 Å². The van der Waals surface area contributed by atoms with E-state index in [0.29, 0.717) is 23.2 Å². The summed E-state index contributed by atoms with van der Waals surface area (Å²) in [5, 5.41) is 9.22. The van der Waals surface area contributed by atoms with Crippen LogP contribution in [0.15, 0.2) is 12.1 Å². The molecule has 0 aromatic heterocycles. The third-order valence-corrected chi connectivity index (χ3v) is 2.84. The van der Waals surface area contributed by atoms with Crippen LogP contribution in [0.25, 0.3) is 0 Å². The first-order chi connectivity index (χ1) is 8.97. The van der Waals surface area contributed by atoms with Crippen LogP contribution in [0.4, 0.5) is 0 Å². The van der Waals surface area contributed by atoms with Crippen molar-refractivity contribution in [2.45, 2.75) is 33.3 Å². The van der Waals surface area contributed by atoms with E-state index in [0.717, 1.165) is 6.42 Å². The zero-order valence-corrected chi connectivity index (χ0v) is 11.3. The van der Waals surface area contributed by atoms with E-state index in [9.17, 15) is 9.90 Å². The first kappa shape index (κ1) is 13.5. The Bertz CT molecular complexity index is 481. The fourth-order valence-corrected chi connectivity index (χ4v) is 2.12. The molecular weight excluding hydrogens is 248 g/mol. The molecule has 5 nitrogen and oxygen atoms in total. The molecule has 1 N–H and O–H groups in total. The Morgan fingerprint density at radius 1 is 1.32 bits per heavy atom. The van der Waals surface area contributed by atoms with Crippen LogP contribution in [0.3, 0.4) is 0 Å². The number of fused-ring (bicyclic) bond motifs is 1. The van der Waals surface area contributed by atoms with Gasteiger partial charge in [0.25, 0.3) is 0 Å². The van der Waals surface area contributed by atoms with Crippen molar-refractivity contribution in [3.8, 4) is 17.2 Å². The molecule has 0 spiro atoms. The van der Waals surface area contributed by atoms with E-state index < -0.39 is 5.97 Å². The van der Waals surface area contributed by atoms with Gasteiger partial charge in [-0.1, -0.05) is 13.8 Å². The summed E-state index contributed by atoms with van der Waals surface area (Å²) in [7, 11) is 0. The maximum atomic E-state index is 11.2. The molecule has 5 heteroatoms. The van der Waals surface area contributed by atoms with Gasteiger partial charge in [0.05, 0.1) is 6.10 Å². The molecule has 0 bridgehead atoms. The Balaban J connectivity index is 2.25. The Hall–Kier alpha value is -1.91. The topological polar surface area (TPSA) is 65.0 Å². The number of carboxylic acid groups (broad SMARTS) is 1. The van der Waals surface area contributed by atoms with Gasteiger partial charge in [-0.3, -0.25) is 0 Å². The Kier molecular flexibility index (Phi) is 3.83. The van der Waals surface area contributed by atoms with E-state index in [1.807, 2.05) is 6.92 Å². The van der Waals surface area contributed by atoms with Crippen LogP contribution in [0.2, 0.25) is 0 Å². The quantitative estimate of drug-likeness (QED) is 0.887. The molecule has 1 unspecified atom stereocenters. The fraction of sp³-hybridized carbons (Fsp3) is 0.500. The lowest BCUT2D eigenvalue weighted by Crippen LogP contribution is -2.16. The summed E-state index contributed by atoms with van der Waals surface area (Å²) in [5.74, 6) is 0.741. The summed E-state index contributed by atoms with van der Waals surface area (Å²) in [4.78, 5) is 11.2. The van der Waals surface area contributed by atoms with Gasteiger partial charge in [0, 0.05) is 12.1 Å². The first-order valence-corrected chi connectivity index (χ1v) is 6.31. The van der Waals surface area contributed by atoms with E-state index in [4.69, 9.17) is 14.2 Å². The summed E-state index contributed by atoms with van der Waals surface area (Å²) in [6.45, 7) is 6.23. The minimum absolute atomic E-state index is 0.0570. The molecule has 0 saturated heterocycles. The number of ether oxygens (including phenoxy) is 3. The molecule has 0 saturated carbocycles. The molecule has 1 aliphatic rings. The molecule has 0 fully saturated rings. The molecule has 0 radical (unpaired) electrons. The standard InChI is InChI=1S/C14H18O5/c1-8(2)4-9(3)19-11-6-13-12(17-7-18-13)5-10(11)14(15)16/h5-6,8-9H,4,7H2,1-3H3,(H,15,16). The van der Waals surface area contributed by atoms with Gasteiger partial charge in [0.1, 0.15) is 11.3 Å². The predicted molar refractivity (Wildman–Crippen MR) is 69.1 cm³/mol. The maximum absolute atomic E-state index is 11.2. The van der Waals surface area contributed by atoms with Gasteiger partial charge in [-0.15, -0.1) is 0 Å². The molecule has 19 heavy (non-hydrogen) atoms. The van der Waals surface area contributed by atoms with Gasteiger partial charge in [0.15, 0.2) is 11.5 Å². The summed E-state index contributed by atoms with van der Waals surface area (Å²) in [5.41, 5.74) is 0.0971. The number of carbonyl (C=O) groups is 1. The molecule has 1 aromatic rings. The second kappa shape index (κ2) is 5.38. The lowest BCUT2D eigenvalue weighted by atomic mass is 10.1. The van der Waals surface area contributed by atoms with Crippen LogP contribution in [-0.2, 0) is 0 Å². The highest BCUT2D eigenvalue weighted by atomic mass is 16.7. The monoisotopic (exact) mass is 266 g/mol. The van der Waals surface area contributed by atoms with Gasteiger partial charge < -0.3 is 19.3 Å². The molecule has 0 amide bonds. The van der Waals surface area contributed by atoms with Crippen molar-refractivity contribution in [1.82, 2.24) is 0 Å². The third-order valence-electron chi connectivity index (χ3n) is 2.84. The van der Waals surface area contributed by atoms with Gasteiger partial charge in [-0.05, 0) is 19.3 Å². The number of hydrogen-bond acceptors (Lipinski definition) is 4. The smallest absolute Gasteiger partial charge is 0.339 e. The van der Waals surface area contributed by atoms with Crippen LogP contribution in [0.5, 0.6) is 17.2 Å². The number of carboxylic acids is 1. The summed E-state index contributed by atoms with van der Waals surface area (Å²) < 4.78 is 16.1. The fourth-order valence-electron chi connectivity index (χ4n) is 2.12. The van der Waals surface area contributed by atoms with Crippen LogP contribution in [-0.4, -0.2) is 24.0 Å². The highest BCUT2D eigenvalue weighted by Crippen LogP contribution is 2.38. The van der Waals surface area contributed by atoms with Gasteiger partial charge in [-0.25, -0.2) is 4.79 Å². The minimum atomic E-state index is -1.04. The van der Waals surface area contributed by atoms with Gasteiger partial charge >= 0.3 is 5.97 Å². The van der Waals surface area contributed by atoms with E-state index in [1.54, 1.807) is 6.07 Å². The number of aromatic carboxylic acids is 1. The van der Waals surface area contributed by atoms with Crippen molar-refractivity contribution in [2.75, 3.05) is 6.79 Å². The van der Waals surface area contributed by atoms with Crippen molar-refractivity contribution in [3.63, 3.8) is 0 Å². The third kappa shape index (κ3) is 3.10. The molecule has 2 rings (SSSR count). The predicted octanol–water partition coefficient (Wildman–Crippen LogP) is 2.93. The van der Waals surface area contributed by atoms with Crippen molar-refractivity contribution in [3.05, 3.63) is 17.7 Å². The highest BCUT2D eigenvalue weighted by molar-refractivity contribution is 5.92. The van der Waals surface area contributed by atoms with Crippen LogP contribution >= 0.6 is 0 Å². The second-order valence-electron chi connectivity index (χ2n) is 5.06. The summed E-state index contributed by atoms with van der Waals surface area (Å²) in [6, 6.07) is 3.03. The molecule has 0 aliphatic carbocycles. The zero-order valence-electron chi connectivity index (χ0n) is 11.3. The second-order valence-corrected chi connectivity index (χ2v) is 5.06. The summed E-state index contributed by atoms with van der Waals surface area (Å²) in [6.07, 6.45) is 0.798. The lowest BCUT2D eigenvalue weighted by Gasteiger charge is -2.18. The Labute approximate surface area is 112 Å². The van der Waals surface area contributed by atoms with Crippen molar-refractivity contribution in [2.24, 2.45) is 5.92 Å². The number of rotatable bonds is 5. The van der Waals surface area contributed by atoms with E-state index >= 15 is 0 Å². The highest BCUT2D eigenvalue weighted by Gasteiger charge is 2.22. The van der Waals surface area contributed by atoms with Gasteiger partial charge in [-0.2, -0.15) is 0 Å². The molecule has 1 atom stereocenters. The molecule has 1 aliphatic heterocycles. The van der Waals surface area contributed by atoms with Crippen LogP contribution in [0.1, 0.15) is 37.6 Å².